The molecule has 15 rings (SSSR count). The van der Waals surface area contributed by atoms with E-state index in [1.165, 1.54) is 67.2 Å². The molecular weight excluding hydrogens is 1990 g/mol. The van der Waals surface area contributed by atoms with E-state index < -0.39 is 93.6 Å². The largest absolute Gasteiger partial charge is 0.396 e. The smallest absolute Gasteiger partial charge is 0.276 e. The molecule has 0 radical (unpaired) electrons. The third-order valence-electron chi connectivity index (χ3n) is 23.8. The van der Waals surface area contributed by atoms with Crippen LogP contribution in [0, 0.1) is 72.2 Å². The fourth-order valence-corrected chi connectivity index (χ4v) is 20.6. The van der Waals surface area contributed by atoms with Crippen molar-refractivity contribution >= 4 is 236 Å². The maximum absolute atomic E-state index is 16.1. The van der Waals surface area contributed by atoms with Gasteiger partial charge in [0.1, 0.15) is 66.9 Å². The molecule has 3 aromatic carbocycles. The molecular formula is C93H74Cl12F3N21O6. The fraction of sp³-hybridized carbons (Fsp3) is 0.258. The summed E-state index contributed by atoms with van der Waals surface area (Å²) < 4.78 is 51.2. The van der Waals surface area contributed by atoms with Crippen molar-refractivity contribution in [3.8, 4) is 69.0 Å². The number of amides is 3. The maximum Gasteiger partial charge on any atom is 0.276 e. The van der Waals surface area contributed by atoms with Crippen LogP contribution in [0.25, 0.3) is 96.1 Å². The molecule has 135 heavy (non-hydrogen) atoms. The number of rotatable bonds is 17. The molecule has 3 fully saturated rings. The van der Waals surface area contributed by atoms with Crippen LogP contribution in [-0.2, 0) is 14.4 Å². The first kappa shape index (κ1) is 97.9. The van der Waals surface area contributed by atoms with Crippen LogP contribution in [0.4, 0.5) is 47.3 Å². The monoisotopic (exact) mass is 2060 g/mol. The molecule has 42 heteroatoms. The second kappa shape index (κ2) is 38.5. The van der Waals surface area contributed by atoms with Gasteiger partial charge < -0.3 is 46.6 Å². The van der Waals surface area contributed by atoms with Crippen molar-refractivity contribution in [2.45, 2.75) is 80.1 Å². The number of fused-ring (bicyclic) bond motifs is 3. The Balaban J connectivity index is 0.745. The molecule has 0 bridgehead atoms. The zero-order valence-corrected chi connectivity index (χ0v) is 81.8. The number of nitrogens with two attached hydrogens (primary N) is 3. The fourth-order valence-electron chi connectivity index (χ4n) is 17.2. The van der Waals surface area contributed by atoms with E-state index in [1.807, 2.05) is 27.7 Å². The summed E-state index contributed by atoms with van der Waals surface area (Å²) in [4.78, 5) is 128. The summed E-state index contributed by atoms with van der Waals surface area (Å²) in [5, 5.41) is 29.2. The standard InChI is InChI=1S/C93H74Cl12F3N21O6/c1-11-55(130)121-18-24-124(25-19-121)86-47-33-53(95)80(59-62(98)71(107)68(104)74(113)65(59)101)119-89(47)128(92(134)50(86)36-110)83-42(9)30-44(116-77(83)39(4)5)13-15-57(132)123-22-28-126(29-23-123)87-48-34-54(96)81(60-63(99)72(108)69(105)75(114)66(60)102)120-90(48)129(93(135)51(87)37-111)84-43(10)31-45(117-78(84)40(6)7)12-14-56(131)122-20-26-125(27-21-122)85-46-32-52(94)79(58-61(97)70(106)67(103)73(112)64(58)100)118-88(46)127(91(133)49(85)35-109)82-41(8)16-17-115-76(82)38(2)3/h11-17,30-34,38-40H,1,18-29,112-114H2,2-10H3/b14-12-,15-13-. The van der Waals surface area contributed by atoms with E-state index in [4.69, 9.17) is 181 Å². The van der Waals surface area contributed by atoms with Gasteiger partial charge in [0.05, 0.1) is 142 Å². The summed E-state index contributed by atoms with van der Waals surface area (Å²) in [7, 11) is 0. The third kappa shape index (κ3) is 17.1. The molecule has 0 aliphatic carbocycles. The van der Waals surface area contributed by atoms with Gasteiger partial charge in [0.15, 0.2) is 17.5 Å². The number of benzene rings is 3. The Hall–Kier alpha value is -11.6. The summed E-state index contributed by atoms with van der Waals surface area (Å²) >= 11 is 80.5. The van der Waals surface area contributed by atoms with Gasteiger partial charge in [0.25, 0.3) is 16.7 Å². The van der Waals surface area contributed by atoms with E-state index in [0.29, 0.717) is 33.8 Å². The average molecular weight is 2060 g/mol. The first-order chi connectivity index (χ1) is 64.0. The van der Waals surface area contributed by atoms with Crippen LogP contribution in [0.1, 0.15) is 121 Å². The molecule has 0 atom stereocenters. The van der Waals surface area contributed by atoms with E-state index in [2.05, 4.69) is 29.8 Å². The minimum absolute atomic E-state index is 0.00557. The van der Waals surface area contributed by atoms with Crippen molar-refractivity contribution in [1.29, 1.82) is 15.8 Å². The predicted octanol–water partition coefficient (Wildman–Crippen LogP) is 20.4. The number of hydrogen-bond acceptors (Lipinski definition) is 21. The van der Waals surface area contributed by atoms with Gasteiger partial charge >= 0.3 is 0 Å². The van der Waals surface area contributed by atoms with Crippen molar-refractivity contribution in [1.82, 2.24) is 58.3 Å². The quantitative estimate of drug-likeness (QED) is 0.0330. The number of aryl methyl sites for hydroxylation is 3. The van der Waals surface area contributed by atoms with Crippen LogP contribution in [0.15, 0.2) is 81.8 Å². The van der Waals surface area contributed by atoms with E-state index in [1.54, 1.807) is 83.5 Å². The summed E-state index contributed by atoms with van der Waals surface area (Å²) in [6, 6.07) is 15.6. The van der Waals surface area contributed by atoms with Crippen LogP contribution in [0.2, 0.25) is 60.3 Å². The van der Waals surface area contributed by atoms with Crippen LogP contribution in [-0.4, -0.2) is 155 Å². The van der Waals surface area contributed by atoms with Gasteiger partial charge in [-0.15, -0.1) is 0 Å². The first-order valence-electron chi connectivity index (χ1n) is 41.6. The Morgan fingerprint density at radius 1 is 0.400 bits per heavy atom. The summed E-state index contributed by atoms with van der Waals surface area (Å²) in [5.41, 5.74) is 16.4. The minimum Gasteiger partial charge on any atom is -0.396 e. The normalized spacial score (nSPS) is 13.9. The number of nitrogens with zero attached hydrogens (tertiary/aromatic N) is 18. The van der Waals surface area contributed by atoms with Crippen LogP contribution in [0.3, 0.4) is 0 Å². The van der Waals surface area contributed by atoms with Crippen molar-refractivity contribution in [2.75, 3.05) is 110 Å². The van der Waals surface area contributed by atoms with Gasteiger partial charge in [-0.1, -0.05) is 187 Å². The summed E-state index contributed by atoms with van der Waals surface area (Å²) in [5.74, 6) is -5.89. The van der Waals surface area contributed by atoms with E-state index in [0.717, 1.165) is 0 Å². The Kier molecular flexibility index (Phi) is 27.9. The number of anilines is 6. The topological polar surface area (TPSA) is 363 Å². The SMILES string of the molecule is C=CC(=O)N1CCN(c2c(C#N)c(=O)n(-c3c(C)cc(/C=C\C(=O)N4CCN(c5c(C#N)c(=O)n(-c6c(C)cc(/C=C\C(=O)N7CCN(c8c(C#N)c(=O)n(-c9c(C)ccnc9C(C)C)c9nc(-c%10c(Cl)c(N)c(Cl)c(F)c%10Cl)c(Cl)cc89)CC7)nc6C(C)C)c6nc(-c7c(Cl)c(N)c(Cl)c(F)c7Cl)c(Cl)cc56)CC4)nc3C(C)C)c3nc(-c4c(Cl)c(N)c(Cl)c(F)c4Cl)c(Cl)cc23)CC1. The van der Waals surface area contributed by atoms with Crippen LogP contribution < -0.4 is 48.6 Å². The number of nitrogen functional groups attached to an aromatic ring is 3. The lowest BCUT2D eigenvalue weighted by Crippen LogP contribution is -2.49. The van der Waals surface area contributed by atoms with E-state index >= 15 is 27.6 Å². The predicted molar refractivity (Wildman–Crippen MR) is 530 cm³/mol. The summed E-state index contributed by atoms with van der Waals surface area (Å²) in [6.45, 7) is 20.7. The molecule has 3 amide bonds. The molecule has 692 valence electrons. The highest BCUT2D eigenvalue weighted by atomic mass is 35.5. The second-order valence-electron chi connectivity index (χ2n) is 33.0. The zero-order valence-electron chi connectivity index (χ0n) is 72.8. The molecule has 6 N–H and O–H groups in total. The molecule has 3 aliphatic rings. The van der Waals surface area contributed by atoms with Gasteiger partial charge in [-0.25, -0.2) is 28.1 Å². The van der Waals surface area contributed by atoms with Gasteiger partial charge in [-0.05, 0) is 110 Å². The van der Waals surface area contributed by atoms with E-state index in [-0.39, 0.29) is 261 Å². The molecule has 9 aromatic heterocycles. The number of hydrogen-bond donors (Lipinski definition) is 3. The van der Waals surface area contributed by atoms with E-state index in [9.17, 15) is 30.2 Å². The lowest BCUT2D eigenvalue weighted by molar-refractivity contribution is -0.127. The lowest BCUT2D eigenvalue weighted by Gasteiger charge is -2.36. The molecule has 3 aliphatic heterocycles. The molecule has 0 spiro atoms. The Morgan fingerprint density at radius 3 is 0.956 bits per heavy atom. The summed E-state index contributed by atoms with van der Waals surface area (Å²) in [6.07, 6.45) is 8.40. The second-order valence-corrected chi connectivity index (χ2v) is 37.6. The van der Waals surface area contributed by atoms with Gasteiger partial charge in [-0.3, -0.25) is 57.4 Å². The zero-order chi connectivity index (χ0) is 97.9. The third-order valence-corrected chi connectivity index (χ3v) is 28.0. The Bertz CT molecular complexity index is 7530. The maximum atomic E-state index is 16.1. The van der Waals surface area contributed by atoms with Crippen LogP contribution >= 0.6 is 139 Å². The molecule has 0 saturated carbocycles. The minimum atomic E-state index is -1.15. The molecule has 12 heterocycles. The number of pyridine rings is 9. The highest BCUT2D eigenvalue weighted by Gasteiger charge is 2.38. The average Bonchev–Trinajstić information content (AvgIpc) is 0.726. The van der Waals surface area contributed by atoms with Crippen molar-refractivity contribution in [2.24, 2.45) is 0 Å². The van der Waals surface area contributed by atoms with Gasteiger partial charge in [-0.2, -0.15) is 15.8 Å². The first-order valence-corrected chi connectivity index (χ1v) is 46.1. The number of carbonyl (C=O) groups excluding carboxylic acids is 3. The number of carbonyl (C=O) groups is 3. The Morgan fingerprint density at radius 2 is 0.681 bits per heavy atom. The van der Waals surface area contributed by atoms with Gasteiger partial charge in [0, 0.05) is 130 Å². The number of piperazine rings is 3. The highest BCUT2D eigenvalue weighted by Crippen LogP contribution is 2.52. The van der Waals surface area contributed by atoms with Crippen LogP contribution in [0.5, 0.6) is 0 Å². The number of aromatic nitrogens is 9. The van der Waals surface area contributed by atoms with Gasteiger partial charge in [0.2, 0.25) is 17.7 Å². The van der Waals surface area contributed by atoms with Crippen molar-refractivity contribution < 1.29 is 27.6 Å². The molecule has 27 nitrogen and oxygen atoms in total. The highest BCUT2D eigenvalue weighted by molar-refractivity contribution is 6.48. The van der Waals surface area contributed by atoms with Crippen molar-refractivity contribution in [3.05, 3.63) is 238 Å². The molecule has 0 unspecified atom stereocenters. The number of nitriles is 3. The molecule has 3 saturated heterocycles. The van der Waals surface area contributed by atoms with Crippen molar-refractivity contribution in [3.63, 3.8) is 0 Å². The Labute approximate surface area is 828 Å². The molecule has 12 aromatic rings. The lowest BCUT2D eigenvalue weighted by atomic mass is 10.0. The number of halogens is 15.